The molecule has 11 heteroatoms. The van der Waals surface area contributed by atoms with Crippen molar-refractivity contribution in [1.82, 2.24) is 15.8 Å². The summed E-state index contributed by atoms with van der Waals surface area (Å²) in [5, 5.41) is 0.768. The lowest BCUT2D eigenvalue weighted by Gasteiger charge is -2.25. The third kappa shape index (κ3) is 4.24. The van der Waals surface area contributed by atoms with Crippen LogP contribution in [0.25, 0.3) is 0 Å². The maximum atomic E-state index is 12.3. The van der Waals surface area contributed by atoms with E-state index in [9.17, 15) is 9.59 Å². The molecule has 3 heterocycles. The molecule has 7 nitrogen and oxygen atoms in total. The van der Waals surface area contributed by atoms with Gasteiger partial charge in [-0.3, -0.25) is 20.4 Å². The number of nitrogens with zero attached hydrogens (tertiary/aromatic N) is 2. The number of amides is 2. The van der Waals surface area contributed by atoms with E-state index in [-0.39, 0.29) is 9.90 Å². The molecule has 0 radical (unpaired) electrons. The number of anilines is 1. The number of carbonyl (C=O) groups excluding carboxylic acids is 2. The van der Waals surface area contributed by atoms with Gasteiger partial charge in [-0.15, -0.1) is 11.3 Å². The van der Waals surface area contributed by atoms with Gasteiger partial charge in [0.1, 0.15) is 9.21 Å². The van der Waals surface area contributed by atoms with E-state index in [0.717, 1.165) is 29.6 Å². The minimum Gasteiger partial charge on any atom is -0.378 e. The molecule has 2 aromatic rings. The van der Waals surface area contributed by atoms with Crippen LogP contribution in [0.2, 0.25) is 8.67 Å². The number of carbonyl (C=O) groups is 2. The Labute approximate surface area is 161 Å². The van der Waals surface area contributed by atoms with Crippen LogP contribution in [0.1, 0.15) is 25.7 Å². The van der Waals surface area contributed by atoms with Crippen LogP contribution in [0.15, 0.2) is 6.07 Å². The summed E-state index contributed by atoms with van der Waals surface area (Å²) in [6, 6.07) is 1.45. The molecule has 1 aliphatic rings. The lowest BCUT2D eigenvalue weighted by molar-refractivity contribution is 0.0848. The summed E-state index contributed by atoms with van der Waals surface area (Å²) in [6.45, 7) is 4.51. The lowest BCUT2D eigenvalue weighted by atomic mass is 10.3. The zero-order chi connectivity index (χ0) is 18.0. The zero-order valence-corrected chi connectivity index (χ0v) is 16.2. The normalized spacial score (nSPS) is 14.4. The van der Waals surface area contributed by atoms with Crippen LogP contribution in [-0.4, -0.2) is 43.1 Å². The summed E-state index contributed by atoms with van der Waals surface area (Å²) < 4.78 is 5.98. The van der Waals surface area contributed by atoms with Crippen molar-refractivity contribution in [3.05, 3.63) is 30.9 Å². The quantitative estimate of drug-likeness (QED) is 0.745. The Balaban J connectivity index is 1.64. The van der Waals surface area contributed by atoms with Gasteiger partial charge >= 0.3 is 0 Å². The highest BCUT2D eigenvalue weighted by molar-refractivity contribution is 7.20. The molecule has 0 atom stereocenters. The summed E-state index contributed by atoms with van der Waals surface area (Å²) in [5.74, 6) is -0.961. The molecule has 0 spiro atoms. The highest BCUT2D eigenvalue weighted by Gasteiger charge is 2.21. The van der Waals surface area contributed by atoms with Gasteiger partial charge in [0.15, 0.2) is 5.13 Å². The summed E-state index contributed by atoms with van der Waals surface area (Å²) in [4.78, 5) is 31.3. The van der Waals surface area contributed by atoms with Crippen molar-refractivity contribution in [2.75, 3.05) is 31.2 Å². The molecule has 1 saturated heterocycles. The Kier molecular flexibility index (Phi) is 5.80. The van der Waals surface area contributed by atoms with Crippen molar-refractivity contribution in [2.45, 2.75) is 6.92 Å². The molecule has 0 aromatic carbocycles. The van der Waals surface area contributed by atoms with Crippen molar-refractivity contribution in [3.8, 4) is 0 Å². The van der Waals surface area contributed by atoms with Crippen LogP contribution >= 0.6 is 45.9 Å². The van der Waals surface area contributed by atoms with E-state index in [0.29, 0.717) is 28.1 Å². The average molecular weight is 421 g/mol. The standard InChI is InChI=1S/C14H14Cl2N4O3S2/c1-7-10(25-14(17-7)20-2-4-23-5-3-20)13(22)19-18-12(21)8-6-9(15)24-11(8)16/h6H,2-5H2,1H3,(H,18,21)(H,19,22). The summed E-state index contributed by atoms with van der Waals surface area (Å²) in [5.41, 5.74) is 5.54. The molecular weight excluding hydrogens is 407 g/mol. The Bertz CT molecular complexity index is 802. The number of hydrazine groups is 1. The zero-order valence-electron chi connectivity index (χ0n) is 13.1. The first kappa shape index (κ1) is 18.4. The van der Waals surface area contributed by atoms with Gasteiger partial charge in [0.05, 0.1) is 28.8 Å². The van der Waals surface area contributed by atoms with E-state index in [2.05, 4.69) is 20.7 Å². The fraction of sp³-hybridized carbons (Fsp3) is 0.357. The SMILES string of the molecule is Cc1nc(N2CCOCC2)sc1C(=O)NNC(=O)c1cc(Cl)sc1Cl. The van der Waals surface area contributed by atoms with Gasteiger partial charge in [-0.25, -0.2) is 4.98 Å². The number of ether oxygens (including phenoxy) is 1. The van der Waals surface area contributed by atoms with E-state index >= 15 is 0 Å². The predicted octanol–water partition coefficient (Wildman–Crippen LogP) is 2.73. The predicted molar refractivity (Wildman–Crippen MR) is 99.2 cm³/mol. The largest absolute Gasteiger partial charge is 0.378 e. The topological polar surface area (TPSA) is 83.6 Å². The van der Waals surface area contributed by atoms with Gasteiger partial charge in [-0.05, 0) is 13.0 Å². The highest BCUT2D eigenvalue weighted by atomic mass is 35.5. The monoisotopic (exact) mass is 420 g/mol. The van der Waals surface area contributed by atoms with Crippen LogP contribution < -0.4 is 15.8 Å². The Morgan fingerprint density at radius 1 is 1.20 bits per heavy atom. The van der Waals surface area contributed by atoms with E-state index in [1.54, 1.807) is 6.92 Å². The molecule has 0 bridgehead atoms. The minimum absolute atomic E-state index is 0.215. The number of nitrogens with one attached hydrogen (secondary N) is 2. The number of thiazole rings is 1. The number of thiophene rings is 1. The van der Waals surface area contributed by atoms with Crippen LogP contribution in [0.3, 0.4) is 0 Å². The van der Waals surface area contributed by atoms with Crippen molar-refractivity contribution in [1.29, 1.82) is 0 Å². The summed E-state index contributed by atoms with van der Waals surface area (Å²) in [6.07, 6.45) is 0. The average Bonchev–Trinajstić information content (AvgIpc) is 3.15. The molecule has 0 aliphatic carbocycles. The molecule has 2 N–H and O–H groups in total. The van der Waals surface area contributed by atoms with Gasteiger partial charge < -0.3 is 9.64 Å². The van der Waals surface area contributed by atoms with Crippen LogP contribution in [0, 0.1) is 6.92 Å². The fourth-order valence-corrected chi connectivity index (χ4v) is 4.69. The molecule has 1 aliphatic heterocycles. The first-order valence-electron chi connectivity index (χ1n) is 7.31. The van der Waals surface area contributed by atoms with Gasteiger partial charge in [0.2, 0.25) is 0 Å². The second-order valence-corrected chi connectivity index (χ2v) is 8.42. The van der Waals surface area contributed by atoms with Gasteiger partial charge in [0, 0.05) is 13.1 Å². The number of aryl methyl sites for hydroxylation is 1. The molecule has 2 aromatic heterocycles. The first-order chi connectivity index (χ1) is 12.0. The number of hydrogen-bond acceptors (Lipinski definition) is 7. The molecule has 3 rings (SSSR count). The fourth-order valence-electron chi connectivity index (χ4n) is 2.22. The van der Waals surface area contributed by atoms with Crippen molar-refractivity contribution in [3.63, 3.8) is 0 Å². The molecule has 1 fully saturated rings. The van der Waals surface area contributed by atoms with Crippen molar-refractivity contribution in [2.24, 2.45) is 0 Å². The number of halogens is 2. The first-order valence-corrected chi connectivity index (χ1v) is 9.70. The van der Waals surface area contributed by atoms with Gasteiger partial charge in [-0.2, -0.15) is 0 Å². The van der Waals surface area contributed by atoms with E-state index in [1.165, 1.54) is 17.4 Å². The second kappa shape index (κ2) is 7.88. The Hall–Kier alpha value is -1.39. The summed E-state index contributed by atoms with van der Waals surface area (Å²) in [7, 11) is 0. The van der Waals surface area contributed by atoms with Crippen molar-refractivity contribution < 1.29 is 14.3 Å². The third-order valence-corrected chi connectivity index (χ3v) is 6.17. The number of morpholine rings is 1. The number of rotatable bonds is 3. The lowest BCUT2D eigenvalue weighted by Crippen LogP contribution is -2.41. The number of hydrogen-bond donors (Lipinski definition) is 2. The van der Waals surface area contributed by atoms with E-state index < -0.39 is 11.8 Å². The third-order valence-electron chi connectivity index (χ3n) is 3.46. The van der Waals surface area contributed by atoms with E-state index in [4.69, 9.17) is 27.9 Å². The van der Waals surface area contributed by atoms with Crippen molar-refractivity contribution >= 4 is 62.8 Å². The van der Waals surface area contributed by atoms with Gasteiger partial charge in [0.25, 0.3) is 11.8 Å². The maximum Gasteiger partial charge on any atom is 0.281 e. The molecular formula is C14H14Cl2N4O3S2. The highest BCUT2D eigenvalue weighted by Crippen LogP contribution is 2.31. The molecule has 0 saturated carbocycles. The smallest absolute Gasteiger partial charge is 0.281 e. The second-order valence-electron chi connectivity index (χ2n) is 5.16. The van der Waals surface area contributed by atoms with Crippen LogP contribution in [0.4, 0.5) is 5.13 Å². The number of aromatic nitrogens is 1. The molecule has 25 heavy (non-hydrogen) atoms. The van der Waals surface area contributed by atoms with E-state index in [1.807, 2.05) is 0 Å². The maximum absolute atomic E-state index is 12.3. The molecule has 2 amide bonds. The minimum atomic E-state index is -0.530. The molecule has 134 valence electrons. The summed E-state index contributed by atoms with van der Waals surface area (Å²) >= 11 is 14.1. The van der Waals surface area contributed by atoms with Crippen LogP contribution in [0.5, 0.6) is 0 Å². The molecule has 0 unspecified atom stereocenters. The van der Waals surface area contributed by atoms with Crippen LogP contribution in [-0.2, 0) is 4.74 Å². The Morgan fingerprint density at radius 3 is 2.52 bits per heavy atom. The van der Waals surface area contributed by atoms with Gasteiger partial charge in [-0.1, -0.05) is 34.5 Å². The Morgan fingerprint density at radius 2 is 1.88 bits per heavy atom.